The van der Waals surface area contributed by atoms with Gasteiger partial charge >= 0.3 is 0 Å². The van der Waals surface area contributed by atoms with Gasteiger partial charge in [0.25, 0.3) is 0 Å². The Labute approximate surface area is 195 Å². The van der Waals surface area contributed by atoms with Crippen molar-refractivity contribution >= 4 is 11.8 Å². The number of carbonyl (C=O) groups excluding carboxylic acids is 2. The molecule has 0 aliphatic carbocycles. The number of nitrogens with zero attached hydrogens (tertiary/aromatic N) is 5. The summed E-state index contributed by atoms with van der Waals surface area (Å²) in [6.45, 7) is 7.95. The van der Waals surface area contributed by atoms with E-state index in [2.05, 4.69) is 34.3 Å². The molecule has 1 aliphatic rings. The normalized spacial score (nSPS) is 16.3. The van der Waals surface area contributed by atoms with Crippen molar-refractivity contribution in [3.8, 4) is 11.1 Å². The van der Waals surface area contributed by atoms with Crippen molar-refractivity contribution in [1.82, 2.24) is 24.6 Å². The molecule has 0 spiro atoms. The molecule has 1 fully saturated rings. The van der Waals surface area contributed by atoms with Crippen LogP contribution in [0.4, 0.5) is 0 Å². The van der Waals surface area contributed by atoms with E-state index in [0.29, 0.717) is 44.8 Å². The standard InChI is InChI=1S/C26H31N5O2/c1-4-29-15-16-30(25(32)13-14-31-20(3)27-19(2)28-31)24(26(29)33)18-21-9-8-12-23(17-21)22-10-6-5-7-11-22/h5-12,17,24H,4,13-16,18H2,1-3H3. The fourth-order valence-corrected chi connectivity index (χ4v) is 4.50. The summed E-state index contributed by atoms with van der Waals surface area (Å²) in [6, 6.07) is 18.0. The van der Waals surface area contributed by atoms with E-state index in [4.69, 9.17) is 0 Å². The van der Waals surface area contributed by atoms with Crippen LogP contribution in [0.25, 0.3) is 11.1 Å². The van der Waals surface area contributed by atoms with Crippen LogP contribution in [0.1, 0.15) is 30.6 Å². The van der Waals surface area contributed by atoms with E-state index in [-0.39, 0.29) is 11.8 Å². The predicted molar refractivity (Wildman–Crippen MR) is 127 cm³/mol. The monoisotopic (exact) mass is 445 g/mol. The van der Waals surface area contributed by atoms with Crippen molar-refractivity contribution in [2.45, 2.75) is 46.2 Å². The lowest BCUT2D eigenvalue weighted by atomic mass is 9.97. The van der Waals surface area contributed by atoms with Crippen molar-refractivity contribution in [2.75, 3.05) is 19.6 Å². The third-order valence-corrected chi connectivity index (χ3v) is 6.25. The van der Waals surface area contributed by atoms with Crippen LogP contribution in [-0.2, 0) is 22.6 Å². The maximum atomic E-state index is 13.3. The van der Waals surface area contributed by atoms with Gasteiger partial charge < -0.3 is 9.80 Å². The number of likely N-dealkylation sites (N-methyl/N-ethyl adjacent to an activating group) is 1. The number of benzene rings is 2. The number of hydrogen-bond acceptors (Lipinski definition) is 4. The first-order valence-electron chi connectivity index (χ1n) is 11.6. The Morgan fingerprint density at radius 2 is 1.79 bits per heavy atom. The number of aromatic nitrogens is 3. The summed E-state index contributed by atoms with van der Waals surface area (Å²) in [5.74, 6) is 1.50. The number of carbonyl (C=O) groups is 2. The molecule has 1 aliphatic heterocycles. The van der Waals surface area contributed by atoms with E-state index in [1.54, 1.807) is 9.58 Å². The summed E-state index contributed by atoms with van der Waals surface area (Å²) >= 11 is 0. The van der Waals surface area contributed by atoms with Crippen molar-refractivity contribution in [1.29, 1.82) is 0 Å². The van der Waals surface area contributed by atoms with Crippen LogP contribution >= 0.6 is 0 Å². The Balaban J connectivity index is 1.53. The number of hydrogen-bond donors (Lipinski definition) is 0. The molecule has 0 N–H and O–H groups in total. The topological polar surface area (TPSA) is 71.3 Å². The second kappa shape index (κ2) is 9.98. The van der Waals surface area contributed by atoms with Gasteiger partial charge in [-0.25, -0.2) is 9.67 Å². The Hall–Kier alpha value is -3.48. The molecule has 33 heavy (non-hydrogen) atoms. The first-order valence-corrected chi connectivity index (χ1v) is 11.6. The first kappa shape index (κ1) is 22.7. The number of amides is 2. The second-order valence-electron chi connectivity index (χ2n) is 8.47. The van der Waals surface area contributed by atoms with E-state index >= 15 is 0 Å². The van der Waals surface area contributed by atoms with Gasteiger partial charge in [-0.05, 0) is 37.5 Å². The molecular weight excluding hydrogens is 414 g/mol. The highest BCUT2D eigenvalue weighted by Crippen LogP contribution is 2.23. The molecule has 4 rings (SSSR count). The predicted octanol–water partition coefficient (Wildman–Crippen LogP) is 3.25. The third kappa shape index (κ3) is 5.13. The van der Waals surface area contributed by atoms with Crippen molar-refractivity contribution in [3.63, 3.8) is 0 Å². The lowest BCUT2D eigenvalue weighted by molar-refractivity contribution is -0.151. The van der Waals surface area contributed by atoms with Gasteiger partial charge in [-0.1, -0.05) is 54.6 Å². The Kier molecular flexibility index (Phi) is 6.87. The molecule has 3 aromatic rings. The van der Waals surface area contributed by atoms with Gasteiger partial charge in [-0.3, -0.25) is 9.59 Å². The molecule has 1 atom stereocenters. The van der Waals surface area contributed by atoms with Crippen molar-refractivity contribution in [3.05, 3.63) is 71.8 Å². The average molecular weight is 446 g/mol. The highest BCUT2D eigenvalue weighted by Gasteiger charge is 2.36. The zero-order chi connectivity index (χ0) is 23.4. The minimum absolute atomic E-state index is 0.0177. The van der Waals surface area contributed by atoms with Crippen molar-refractivity contribution in [2.24, 2.45) is 0 Å². The molecule has 2 amide bonds. The average Bonchev–Trinajstić information content (AvgIpc) is 3.16. The van der Waals surface area contributed by atoms with Crippen LogP contribution in [-0.4, -0.2) is 62.1 Å². The van der Waals surface area contributed by atoms with Crippen LogP contribution in [0, 0.1) is 13.8 Å². The van der Waals surface area contributed by atoms with E-state index in [9.17, 15) is 9.59 Å². The van der Waals surface area contributed by atoms with Crippen LogP contribution in [0.15, 0.2) is 54.6 Å². The third-order valence-electron chi connectivity index (χ3n) is 6.25. The van der Waals surface area contributed by atoms with Crippen LogP contribution in [0.3, 0.4) is 0 Å². The molecule has 1 saturated heterocycles. The Bertz CT molecular complexity index is 1120. The minimum Gasteiger partial charge on any atom is -0.339 e. The fourth-order valence-electron chi connectivity index (χ4n) is 4.50. The molecule has 0 radical (unpaired) electrons. The van der Waals surface area contributed by atoms with Gasteiger partial charge in [0.05, 0.1) is 6.54 Å². The highest BCUT2D eigenvalue weighted by molar-refractivity contribution is 5.89. The largest absolute Gasteiger partial charge is 0.339 e. The van der Waals surface area contributed by atoms with Crippen LogP contribution < -0.4 is 0 Å². The van der Waals surface area contributed by atoms with E-state index in [1.807, 2.05) is 56.0 Å². The lowest BCUT2D eigenvalue weighted by Gasteiger charge is -2.40. The summed E-state index contributed by atoms with van der Waals surface area (Å²) in [7, 11) is 0. The summed E-state index contributed by atoms with van der Waals surface area (Å²) in [5, 5.41) is 4.35. The van der Waals surface area contributed by atoms with Gasteiger partial charge in [-0.15, -0.1) is 0 Å². The van der Waals surface area contributed by atoms with Gasteiger partial charge in [-0.2, -0.15) is 5.10 Å². The van der Waals surface area contributed by atoms with E-state index in [0.717, 1.165) is 22.5 Å². The fraction of sp³-hybridized carbons (Fsp3) is 0.385. The van der Waals surface area contributed by atoms with Gasteiger partial charge in [0.1, 0.15) is 17.7 Å². The quantitative estimate of drug-likeness (QED) is 0.560. The van der Waals surface area contributed by atoms with Crippen LogP contribution in [0.2, 0.25) is 0 Å². The molecule has 7 heteroatoms. The summed E-state index contributed by atoms with van der Waals surface area (Å²) < 4.78 is 1.76. The number of aryl methyl sites for hydroxylation is 3. The second-order valence-corrected chi connectivity index (χ2v) is 8.47. The highest BCUT2D eigenvalue weighted by atomic mass is 16.2. The lowest BCUT2D eigenvalue weighted by Crippen LogP contribution is -2.59. The molecule has 1 unspecified atom stereocenters. The molecule has 2 heterocycles. The van der Waals surface area contributed by atoms with E-state index in [1.165, 1.54) is 0 Å². The number of rotatable bonds is 7. The summed E-state index contributed by atoms with van der Waals surface area (Å²) in [4.78, 5) is 34.4. The van der Waals surface area contributed by atoms with Gasteiger partial charge in [0.2, 0.25) is 11.8 Å². The molecule has 1 aromatic heterocycles. The SMILES string of the molecule is CCN1CCN(C(=O)CCn2nc(C)nc2C)C(Cc2cccc(-c3ccccc3)c2)C1=O. The zero-order valence-corrected chi connectivity index (χ0v) is 19.6. The molecule has 172 valence electrons. The van der Waals surface area contributed by atoms with Crippen LogP contribution in [0.5, 0.6) is 0 Å². The molecule has 7 nitrogen and oxygen atoms in total. The van der Waals surface area contributed by atoms with E-state index < -0.39 is 6.04 Å². The van der Waals surface area contributed by atoms with Gasteiger partial charge in [0, 0.05) is 32.5 Å². The van der Waals surface area contributed by atoms with Crippen molar-refractivity contribution < 1.29 is 9.59 Å². The Morgan fingerprint density at radius 3 is 2.48 bits per heavy atom. The molecule has 0 saturated carbocycles. The maximum absolute atomic E-state index is 13.3. The molecule has 0 bridgehead atoms. The molecule has 2 aromatic carbocycles. The Morgan fingerprint density at radius 1 is 1.03 bits per heavy atom. The number of piperazine rings is 1. The zero-order valence-electron chi connectivity index (χ0n) is 19.6. The molecular formula is C26H31N5O2. The first-order chi connectivity index (χ1) is 16.0. The summed E-state index contributed by atoms with van der Waals surface area (Å²) in [6.07, 6.45) is 0.798. The summed E-state index contributed by atoms with van der Waals surface area (Å²) in [5.41, 5.74) is 3.29. The smallest absolute Gasteiger partial charge is 0.245 e. The van der Waals surface area contributed by atoms with Gasteiger partial charge in [0.15, 0.2) is 0 Å². The maximum Gasteiger partial charge on any atom is 0.245 e. The minimum atomic E-state index is -0.490.